The first-order valence-corrected chi connectivity index (χ1v) is 14.5. The Morgan fingerprint density at radius 2 is 1.89 bits per heavy atom. The van der Waals surface area contributed by atoms with Crippen molar-refractivity contribution in [2.75, 3.05) is 23.7 Å². The number of benzene rings is 2. The summed E-state index contributed by atoms with van der Waals surface area (Å²) in [6.45, 7) is 6.40. The number of nitrogens with zero attached hydrogens (tertiary/aromatic N) is 2. The molecule has 0 saturated carbocycles. The SMILES string of the molecule is CCCNC(=O)C(C)N(Cc1cccc(Br)c1)C(=O)CCCN(c1cc(Cl)ccc1C)S(C)(=O)=O. The van der Waals surface area contributed by atoms with E-state index in [1.54, 1.807) is 30.0 Å². The van der Waals surface area contributed by atoms with Gasteiger partial charge >= 0.3 is 0 Å². The zero-order valence-corrected chi connectivity index (χ0v) is 23.7. The number of carbonyl (C=O) groups excluding carboxylic acids is 2. The van der Waals surface area contributed by atoms with Crippen LogP contribution in [0.2, 0.25) is 5.02 Å². The number of amides is 2. The van der Waals surface area contributed by atoms with Crippen LogP contribution >= 0.6 is 27.5 Å². The van der Waals surface area contributed by atoms with Gasteiger partial charge in [0.2, 0.25) is 21.8 Å². The van der Waals surface area contributed by atoms with Gasteiger partial charge in [0, 0.05) is 35.6 Å². The summed E-state index contributed by atoms with van der Waals surface area (Å²) in [5.41, 5.74) is 2.14. The fourth-order valence-electron chi connectivity index (χ4n) is 3.64. The molecule has 7 nitrogen and oxygen atoms in total. The average Bonchev–Trinajstić information content (AvgIpc) is 2.79. The summed E-state index contributed by atoms with van der Waals surface area (Å²) >= 11 is 9.55. The molecule has 0 saturated heterocycles. The Hall–Kier alpha value is -2.10. The minimum atomic E-state index is -3.59. The van der Waals surface area contributed by atoms with E-state index in [0.29, 0.717) is 17.3 Å². The van der Waals surface area contributed by atoms with E-state index in [4.69, 9.17) is 11.6 Å². The Bertz CT molecular complexity index is 1140. The number of aryl methyl sites for hydroxylation is 1. The lowest BCUT2D eigenvalue weighted by molar-refractivity contribution is -0.140. The van der Waals surface area contributed by atoms with Crippen molar-refractivity contribution in [1.82, 2.24) is 10.2 Å². The van der Waals surface area contributed by atoms with Gasteiger partial charge in [-0.3, -0.25) is 13.9 Å². The minimum Gasteiger partial charge on any atom is -0.354 e. The predicted molar refractivity (Wildman–Crippen MR) is 145 cm³/mol. The first kappa shape index (κ1) is 29.1. The molecule has 0 bridgehead atoms. The molecule has 0 heterocycles. The number of rotatable bonds is 12. The molecule has 10 heteroatoms. The molecule has 0 aliphatic heterocycles. The lowest BCUT2D eigenvalue weighted by Crippen LogP contribution is -2.47. The number of carbonyl (C=O) groups is 2. The highest BCUT2D eigenvalue weighted by atomic mass is 79.9. The maximum Gasteiger partial charge on any atom is 0.242 e. The van der Waals surface area contributed by atoms with Crippen molar-refractivity contribution in [3.63, 3.8) is 0 Å². The quantitative estimate of drug-likeness (QED) is 0.383. The lowest BCUT2D eigenvalue weighted by atomic mass is 10.1. The van der Waals surface area contributed by atoms with Crippen molar-refractivity contribution in [1.29, 1.82) is 0 Å². The van der Waals surface area contributed by atoms with Gasteiger partial charge in [-0.1, -0.05) is 52.7 Å². The highest BCUT2D eigenvalue weighted by Gasteiger charge is 2.26. The second kappa shape index (κ2) is 13.3. The molecule has 0 spiro atoms. The van der Waals surface area contributed by atoms with Crippen molar-refractivity contribution in [3.05, 3.63) is 63.1 Å². The molecule has 0 fully saturated rings. The van der Waals surface area contributed by atoms with Crippen molar-refractivity contribution in [3.8, 4) is 0 Å². The molecular formula is C25H33BrClN3O4S. The first-order valence-electron chi connectivity index (χ1n) is 11.5. The van der Waals surface area contributed by atoms with Crippen molar-refractivity contribution in [2.24, 2.45) is 0 Å². The van der Waals surface area contributed by atoms with E-state index >= 15 is 0 Å². The molecule has 0 aliphatic carbocycles. The zero-order valence-electron chi connectivity index (χ0n) is 20.6. The number of sulfonamides is 1. The van der Waals surface area contributed by atoms with Gasteiger partial charge in [-0.25, -0.2) is 8.42 Å². The van der Waals surface area contributed by atoms with E-state index in [0.717, 1.165) is 28.3 Å². The van der Waals surface area contributed by atoms with Gasteiger partial charge in [0.1, 0.15) is 6.04 Å². The van der Waals surface area contributed by atoms with Crippen LogP contribution in [0, 0.1) is 6.92 Å². The smallest absolute Gasteiger partial charge is 0.242 e. The molecule has 1 N–H and O–H groups in total. The summed E-state index contributed by atoms with van der Waals surface area (Å²) in [6, 6.07) is 12.0. The van der Waals surface area contributed by atoms with Gasteiger partial charge in [-0.05, 0) is 62.1 Å². The van der Waals surface area contributed by atoms with Crippen molar-refractivity contribution in [2.45, 2.75) is 52.6 Å². The number of halogens is 2. The second-order valence-electron chi connectivity index (χ2n) is 8.49. The molecule has 2 amide bonds. The van der Waals surface area contributed by atoms with Crippen LogP contribution in [0.5, 0.6) is 0 Å². The van der Waals surface area contributed by atoms with E-state index in [2.05, 4.69) is 21.2 Å². The van der Waals surface area contributed by atoms with E-state index in [1.807, 2.05) is 38.1 Å². The number of anilines is 1. The van der Waals surface area contributed by atoms with Crippen LogP contribution in [0.3, 0.4) is 0 Å². The molecule has 0 aliphatic rings. The maximum atomic E-state index is 13.3. The van der Waals surface area contributed by atoms with E-state index in [-0.39, 0.29) is 37.7 Å². The molecule has 2 rings (SSSR count). The molecule has 35 heavy (non-hydrogen) atoms. The summed E-state index contributed by atoms with van der Waals surface area (Å²) in [7, 11) is -3.59. The topological polar surface area (TPSA) is 86.8 Å². The summed E-state index contributed by atoms with van der Waals surface area (Å²) < 4.78 is 27.2. The number of nitrogens with one attached hydrogen (secondary N) is 1. The van der Waals surface area contributed by atoms with Crippen LogP contribution in [0.4, 0.5) is 5.69 Å². The Morgan fingerprint density at radius 3 is 2.51 bits per heavy atom. The average molecular weight is 587 g/mol. The predicted octanol–water partition coefficient (Wildman–Crippen LogP) is 4.90. The summed E-state index contributed by atoms with van der Waals surface area (Å²) in [4.78, 5) is 27.5. The van der Waals surface area contributed by atoms with Gasteiger partial charge in [-0.15, -0.1) is 0 Å². The van der Waals surface area contributed by atoms with Crippen LogP contribution in [-0.4, -0.2) is 50.5 Å². The Morgan fingerprint density at radius 1 is 1.17 bits per heavy atom. The fraction of sp³-hybridized carbons (Fsp3) is 0.440. The van der Waals surface area contributed by atoms with E-state index in [9.17, 15) is 18.0 Å². The number of hydrogen-bond donors (Lipinski definition) is 1. The molecule has 2 aromatic carbocycles. The molecule has 1 unspecified atom stereocenters. The van der Waals surface area contributed by atoms with E-state index in [1.165, 1.54) is 4.31 Å². The summed E-state index contributed by atoms with van der Waals surface area (Å²) in [6.07, 6.45) is 2.30. The van der Waals surface area contributed by atoms with Crippen LogP contribution in [-0.2, 0) is 26.2 Å². The standard InChI is InChI=1S/C25H33BrClN3O4S/c1-5-13-28-25(32)19(3)29(17-20-8-6-9-21(26)15-20)24(31)10-7-14-30(35(4,33)34)23-16-22(27)12-11-18(23)2/h6,8-9,11-12,15-16,19H,5,7,10,13-14,17H2,1-4H3,(H,28,32). The molecule has 192 valence electrons. The van der Waals surface area contributed by atoms with Gasteiger partial charge in [0.05, 0.1) is 11.9 Å². The molecule has 0 radical (unpaired) electrons. The molecule has 0 aromatic heterocycles. The normalized spacial score (nSPS) is 12.2. The van der Waals surface area contributed by atoms with Gasteiger partial charge < -0.3 is 10.2 Å². The van der Waals surface area contributed by atoms with Gasteiger partial charge in [0.25, 0.3) is 0 Å². The zero-order chi connectivity index (χ0) is 26.2. The van der Waals surface area contributed by atoms with Crippen LogP contribution in [0.25, 0.3) is 0 Å². The highest BCUT2D eigenvalue weighted by Crippen LogP contribution is 2.27. The molecule has 1 atom stereocenters. The third kappa shape index (κ3) is 8.81. The maximum absolute atomic E-state index is 13.3. The Balaban J connectivity index is 2.19. The summed E-state index contributed by atoms with van der Waals surface area (Å²) in [5, 5.41) is 3.28. The Labute approximate surface area is 222 Å². The molecular weight excluding hydrogens is 554 g/mol. The van der Waals surface area contributed by atoms with Gasteiger partial charge in [-0.2, -0.15) is 0 Å². The summed E-state index contributed by atoms with van der Waals surface area (Å²) in [5.74, 6) is -0.442. The van der Waals surface area contributed by atoms with Crippen LogP contribution in [0.15, 0.2) is 46.9 Å². The van der Waals surface area contributed by atoms with E-state index < -0.39 is 16.1 Å². The third-order valence-corrected chi connectivity index (χ3v) is 7.46. The van der Waals surface area contributed by atoms with Crippen LogP contribution in [0.1, 0.15) is 44.2 Å². The third-order valence-electron chi connectivity index (χ3n) is 5.55. The largest absolute Gasteiger partial charge is 0.354 e. The van der Waals surface area contributed by atoms with Crippen molar-refractivity contribution < 1.29 is 18.0 Å². The monoisotopic (exact) mass is 585 g/mol. The highest BCUT2D eigenvalue weighted by molar-refractivity contribution is 9.10. The fourth-order valence-corrected chi connectivity index (χ4v) is 5.27. The minimum absolute atomic E-state index is 0.0883. The van der Waals surface area contributed by atoms with Crippen molar-refractivity contribution >= 4 is 55.1 Å². The lowest BCUT2D eigenvalue weighted by Gasteiger charge is -2.29. The molecule has 2 aromatic rings. The first-order chi connectivity index (χ1) is 16.4. The van der Waals surface area contributed by atoms with Gasteiger partial charge in [0.15, 0.2) is 0 Å². The Kier molecular flexibility index (Phi) is 11.0. The van der Waals surface area contributed by atoms with Crippen LogP contribution < -0.4 is 9.62 Å². The second-order valence-corrected chi connectivity index (χ2v) is 11.7. The number of hydrogen-bond acceptors (Lipinski definition) is 4.